The average Bonchev–Trinajstić information content (AvgIpc) is 2.65. The predicted octanol–water partition coefficient (Wildman–Crippen LogP) is 2.70. The molecule has 0 bridgehead atoms. The third-order valence-electron chi connectivity index (χ3n) is 2.61. The zero-order valence-corrected chi connectivity index (χ0v) is 12.9. The topological polar surface area (TPSA) is 68.0 Å². The minimum absolute atomic E-state index is 0.0282. The molecule has 19 heavy (non-hydrogen) atoms. The Bertz CT molecular complexity index is 416. The normalized spacial score (nSPS) is 11.5. The van der Waals surface area contributed by atoms with E-state index in [4.69, 9.17) is 5.11 Å². The molecule has 1 heterocycles. The number of carboxylic acid groups (broad SMARTS) is 1. The summed E-state index contributed by atoms with van der Waals surface area (Å²) in [5, 5.41) is 17.8. The maximum absolute atomic E-state index is 10.6. The van der Waals surface area contributed by atoms with E-state index in [-0.39, 0.29) is 5.75 Å². The van der Waals surface area contributed by atoms with Gasteiger partial charge in [-0.2, -0.15) is 0 Å². The van der Waals surface area contributed by atoms with Crippen LogP contribution in [0.5, 0.6) is 0 Å². The summed E-state index contributed by atoms with van der Waals surface area (Å²) in [6.45, 7) is 9.48. The van der Waals surface area contributed by atoms with E-state index >= 15 is 0 Å². The molecule has 1 rings (SSSR count). The first kappa shape index (κ1) is 16.0. The van der Waals surface area contributed by atoms with Crippen LogP contribution in [0.3, 0.4) is 0 Å². The van der Waals surface area contributed by atoms with Crippen LogP contribution in [0.15, 0.2) is 5.16 Å². The highest BCUT2D eigenvalue weighted by molar-refractivity contribution is 7.99. The molecule has 0 amide bonds. The van der Waals surface area contributed by atoms with Gasteiger partial charge >= 0.3 is 5.97 Å². The van der Waals surface area contributed by atoms with Gasteiger partial charge in [-0.1, -0.05) is 39.5 Å². The van der Waals surface area contributed by atoms with E-state index in [1.807, 2.05) is 0 Å². The van der Waals surface area contributed by atoms with E-state index in [0.29, 0.717) is 11.8 Å². The van der Waals surface area contributed by atoms with Crippen molar-refractivity contribution in [3.63, 3.8) is 0 Å². The van der Waals surface area contributed by atoms with E-state index in [2.05, 4.69) is 42.5 Å². The SMILES string of the molecule is CC(C)CCc1nnc(SCC(=O)O)n1CC(C)C. The number of carboxylic acids is 1. The molecule has 0 spiro atoms. The van der Waals surface area contributed by atoms with Gasteiger partial charge in [-0.25, -0.2) is 0 Å². The Morgan fingerprint density at radius 3 is 2.47 bits per heavy atom. The minimum atomic E-state index is -0.826. The van der Waals surface area contributed by atoms with Crippen LogP contribution < -0.4 is 0 Å². The summed E-state index contributed by atoms with van der Waals surface area (Å²) in [6.07, 6.45) is 1.96. The third-order valence-corrected chi connectivity index (χ3v) is 3.56. The smallest absolute Gasteiger partial charge is 0.313 e. The van der Waals surface area contributed by atoms with Crippen molar-refractivity contribution in [1.29, 1.82) is 0 Å². The third kappa shape index (κ3) is 5.63. The molecule has 108 valence electrons. The lowest BCUT2D eigenvalue weighted by molar-refractivity contribution is -0.133. The zero-order valence-electron chi connectivity index (χ0n) is 12.1. The zero-order chi connectivity index (χ0) is 14.4. The van der Waals surface area contributed by atoms with Gasteiger partial charge in [0.2, 0.25) is 0 Å². The number of aromatic nitrogens is 3. The molecule has 0 atom stereocenters. The van der Waals surface area contributed by atoms with Crippen LogP contribution in [0.1, 0.15) is 39.9 Å². The van der Waals surface area contributed by atoms with E-state index in [0.717, 1.165) is 30.4 Å². The molecular weight excluding hydrogens is 262 g/mol. The monoisotopic (exact) mass is 285 g/mol. The van der Waals surface area contributed by atoms with Crippen LogP contribution in [0.25, 0.3) is 0 Å². The van der Waals surface area contributed by atoms with Gasteiger partial charge in [0, 0.05) is 13.0 Å². The van der Waals surface area contributed by atoms with Gasteiger partial charge < -0.3 is 9.67 Å². The Balaban J connectivity index is 2.81. The number of hydrogen-bond donors (Lipinski definition) is 1. The Labute approximate surface area is 118 Å². The van der Waals surface area contributed by atoms with Crippen LogP contribution in [0, 0.1) is 11.8 Å². The van der Waals surface area contributed by atoms with Crippen LogP contribution in [0.4, 0.5) is 0 Å². The summed E-state index contributed by atoms with van der Waals surface area (Å²) in [5.74, 6) is 1.28. The highest BCUT2D eigenvalue weighted by Gasteiger charge is 2.15. The molecule has 1 aromatic heterocycles. The molecular formula is C13H23N3O2S. The number of aryl methyl sites for hydroxylation is 1. The molecule has 0 saturated heterocycles. The molecule has 1 N–H and O–H groups in total. The fraction of sp³-hybridized carbons (Fsp3) is 0.769. The van der Waals surface area contributed by atoms with Crippen molar-refractivity contribution in [3.05, 3.63) is 5.82 Å². The second-order valence-electron chi connectivity index (χ2n) is 5.52. The molecule has 6 heteroatoms. The second kappa shape index (κ2) is 7.53. The first-order valence-corrected chi connectivity index (χ1v) is 7.65. The molecule has 0 aliphatic rings. The molecule has 0 fully saturated rings. The van der Waals surface area contributed by atoms with Crippen molar-refractivity contribution in [1.82, 2.24) is 14.8 Å². The molecule has 0 unspecified atom stereocenters. The van der Waals surface area contributed by atoms with Crippen molar-refractivity contribution in [2.75, 3.05) is 5.75 Å². The molecule has 0 aliphatic carbocycles. The van der Waals surface area contributed by atoms with Crippen LogP contribution in [-0.2, 0) is 17.8 Å². The molecule has 1 aromatic rings. The first-order valence-electron chi connectivity index (χ1n) is 6.66. The number of hydrogen-bond acceptors (Lipinski definition) is 4. The van der Waals surface area contributed by atoms with Gasteiger partial charge in [-0.05, 0) is 18.3 Å². The number of nitrogens with zero attached hydrogens (tertiary/aromatic N) is 3. The standard InChI is InChI=1S/C13H23N3O2S/c1-9(2)5-6-11-14-15-13(19-8-12(17)18)16(11)7-10(3)4/h9-10H,5-8H2,1-4H3,(H,17,18). The fourth-order valence-corrected chi connectivity index (χ4v) is 2.39. The lowest BCUT2D eigenvalue weighted by Crippen LogP contribution is -2.11. The van der Waals surface area contributed by atoms with E-state index in [1.165, 1.54) is 11.8 Å². The number of thioether (sulfide) groups is 1. The number of rotatable bonds is 8. The first-order chi connectivity index (χ1) is 8.90. The van der Waals surface area contributed by atoms with Crippen molar-refractivity contribution < 1.29 is 9.90 Å². The fourth-order valence-electron chi connectivity index (χ4n) is 1.70. The predicted molar refractivity (Wildman–Crippen MR) is 76.4 cm³/mol. The van der Waals surface area contributed by atoms with E-state index in [1.54, 1.807) is 0 Å². The summed E-state index contributed by atoms with van der Waals surface area (Å²) >= 11 is 1.24. The Kier molecular flexibility index (Phi) is 6.34. The maximum atomic E-state index is 10.6. The second-order valence-corrected chi connectivity index (χ2v) is 6.46. The van der Waals surface area contributed by atoms with Gasteiger partial charge in [-0.3, -0.25) is 4.79 Å². The van der Waals surface area contributed by atoms with Crippen molar-refractivity contribution >= 4 is 17.7 Å². The Morgan fingerprint density at radius 1 is 1.26 bits per heavy atom. The van der Waals surface area contributed by atoms with Gasteiger partial charge in [0.1, 0.15) is 5.82 Å². The molecule has 0 saturated carbocycles. The van der Waals surface area contributed by atoms with E-state index in [9.17, 15) is 4.79 Å². The molecule has 0 radical (unpaired) electrons. The summed E-state index contributed by atoms with van der Waals surface area (Å²) in [7, 11) is 0. The van der Waals surface area contributed by atoms with Gasteiger partial charge in [0.05, 0.1) is 5.75 Å². The number of carbonyl (C=O) groups is 1. The van der Waals surface area contributed by atoms with Crippen molar-refractivity contribution in [2.24, 2.45) is 11.8 Å². The summed E-state index contributed by atoms with van der Waals surface area (Å²) < 4.78 is 2.07. The Morgan fingerprint density at radius 2 is 1.95 bits per heavy atom. The summed E-state index contributed by atoms with van der Waals surface area (Å²) in [5.41, 5.74) is 0. The summed E-state index contributed by atoms with van der Waals surface area (Å²) in [6, 6.07) is 0. The largest absolute Gasteiger partial charge is 0.481 e. The quantitative estimate of drug-likeness (QED) is 0.744. The maximum Gasteiger partial charge on any atom is 0.313 e. The van der Waals surface area contributed by atoms with Gasteiger partial charge in [-0.15, -0.1) is 10.2 Å². The lowest BCUT2D eigenvalue weighted by atomic mass is 10.1. The van der Waals surface area contributed by atoms with E-state index < -0.39 is 5.97 Å². The summed E-state index contributed by atoms with van der Waals surface area (Å²) in [4.78, 5) is 10.6. The molecule has 5 nitrogen and oxygen atoms in total. The van der Waals surface area contributed by atoms with Crippen LogP contribution in [0.2, 0.25) is 0 Å². The average molecular weight is 285 g/mol. The van der Waals surface area contributed by atoms with Crippen molar-refractivity contribution in [3.8, 4) is 0 Å². The molecule has 0 aliphatic heterocycles. The number of aliphatic carboxylic acids is 1. The van der Waals surface area contributed by atoms with Crippen molar-refractivity contribution in [2.45, 2.75) is 52.2 Å². The molecule has 0 aromatic carbocycles. The van der Waals surface area contributed by atoms with Gasteiger partial charge in [0.15, 0.2) is 5.16 Å². The highest BCUT2D eigenvalue weighted by Crippen LogP contribution is 2.20. The van der Waals surface area contributed by atoms with Gasteiger partial charge in [0.25, 0.3) is 0 Å². The Hall–Kier alpha value is -1.04. The minimum Gasteiger partial charge on any atom is -0.481 e. The van der Waals surface area contributed by atoms with Crippen LogP contribution >= 0.6 is 11.8 Å². The highest BCUT2D eigenvalue weighted by atomic mass is 32.2. The lowest BCUT2D eigenvalue weighted by Gasteiger charge is -2.12. The van der Waals surface area contributed by atoms with Crippen LogP contribution in [-0.4, -0.2) is 31.6 Å².